The summed E-state index contributed by atoms with van der Waals surface area (Å²) in [6, 6.07) is 10.2. The lowest BCUT2D eigenvalue weighted by atomic mass is 9.92. The van der Waals surface area contributed by atoms with E-state index >= 15 is 0 Å². The molecule has 128 valence electrons. The summed E-state index contributed by atoms with van der Waals surface area (Å²) in [5.41, 5.74) is 0.931. The van der Waals surface area contributed by atoms with Crippen molar-refractivity contribution >= 4 is 17.9 Å². The van der Waals surface area contributed by atoms with Crippen molar-refractivity contribution < 1.29 is 23.5 Å². The van der Waals surface area contributed by atoms with Gasteiger partial charge in [-0.3, -0.25) is 9.69 Å². The molecule has 0 unspecified atom stereocenters. The third-order valence-corrected chi connectivity index (χ3v) is 4.78. The molecule has 4 rings (SSSR count). The predicted octanol–water partition coefficient (Wildman–Crippen LogP) is 1.96. The van der Waals surface area contributed by atoms with Crippen LogP contribution in [0, 0.1) is 0 Å². The molecule has 25 heavy (non-hydrogen) atoms. The first-order valence-corrected chi connectivity index (χ1v) is 7.95. The summed E-state index contributed by atoms with van der Waals surface area (Å²) in [5, 5.41) is 2.85. The molecule has 0 bridgehead atoms. The van der Waals surface area contributed by atoms with Crippen LogP contribution in [0.5, 0.6) is 0 Å². The number of imide groups is 1. The molecule has 7 nitrogen and oxygen atoms in total. The zero-order valence-corrected chi connectivity index (χ0v) is 13.6. The number of urea groups is 1. The Bertz CT molecular complexity index is 887. The zero-order chi connectivity index (χ0) is 17.6. The van der Waals surface area contributed by atoms with Crippen molar-refractivity contribution in [3.05, 3.63) is 59.0 Å². The van der Waals surface area contributed by atoms with Crippen LogP contribution in [0.1, 0.15) is 33.9 Å². The molecular formula is C18H16N2O5. The van der Waals surface area contributed by atoms with Crippen LogP contribution in [0.15, 0.2) is 40.8 Å². The second-order valence-electron chi connectivity index (χ2n) is 6.14. The Kier molecular flexibility index (Phi) is 3.38. The first-order chi connectivity index (χ1) is 12.0. The minimum absolute atomic E-state index is 0.0329. The first kappa shape index (κ1) is 15.4. The highest BCUT2D eigenvalue weighted by atomic mass is 16.5. The van der Waals surface area contributed by atoms with Crippen molar-refractivity contribution in [3.8, 4) is 0 Å². The summed E-state index contributed by atoms with van der Waals surface area (Å²) in [7, 11) is 1.25. The maximum absolute atomic E-state index is 13.0. The minimum Gasteiger partial charge on any atom is -0.463 e. The van der Waals surface area contributed by atoms with Gasteiger partial charge in [-0.25, -0.2) is 9.59 Å². The van der Waals surface area contributed by atoms with E-state index in [2.05, 4.69) is 10.1 Å². The summed E-state index contributed by atoms with van der Waals surface area (Å²) in [6.07, 6.45) is 1.28. The maximum Gasteiger partial charge on any atom is 0.373 e. The molecule has 1 aromatic carbocycles. The average Bonchev–Trinajstić information content (AvgIpc) is 3.30. The number of carbonyl (C=O) groups excluding carboxylic acids is 3. The average molecular weight is 340 g/mol. The SMILES string of the molecule is COC(=O)c1ccc(CN2C(=O)N[C@]3(CCc4ccccc43)C2=O)o1. The van der Waals surface area contributed by atoms with Gasteiger partial charge in [0.2, 0.25) is 5.76 Å². The number of hydrogen-bond acceptors (Lipinski definition) is 5. The number of hydrogen-bond donors (Lipinski definition) is 1. The monoisotopic (exact) mass is 340 g/mol. The molecule has 7 heteroatoms. The molecule has 1 aromatic heterocycles. The Balaban J connectivity index is 1.61. The van der Waals surface area contributed by atoms with E-state index in [4.69, 9.17) is 4.42 Å². The quantitative estimate of drug-likeness (QED) is 0.681. The molecule has 0 radical (unpaired) electrons. The maximum atomic E-state index is 13.0. The highest BCUT2D eigenvalue weighted by Gasteiger charge is 2.55. The molecule has 0 saturated carbocycles. The fraction of sp³-hybridized carbons (Fsp3) is 0.278. The van der Waals surface area contributed by atoms with Crippen LogP contribution in [-0.2, 0) is 28.0 Å². The van der Waals surface area contributed by atoms with Gasteiger partial charge in [0.05, 0.1) is 13.7 Å². The van der Waals surface area contributed by atoms with E-state index in [0.29, 0.717) is 12.2 Å². The van der Waals surface area contributed by atoms with Crippen molar-refractivity contribution in [3.63, 3.8) is 0 Å². The van der Waals surface area contributed by atoms with E-state index in [9.17, 15) is 14.4 Å². The summed E-state index contributed by atoms with van der Waals surface area (Å²) >= 11 is 0. The number of methoxy groups -OCH3 is 1. The van der Waals surface area contributed by atoms with Crippen molar-refractivity contribution in [2.45, 2.75) is 24.9 Å². The molecule has 2 aliphatic rings. The molecule has 1 aliphatic heterocycles. The van der Waals surface area contributed by atoms with Crippen LogP contribution in [-0.4, -0.2) is 29.9 Å². The number of rotatable bonds is 3. The van der Waals surface area contributed by atoms with Crippen LogP contribution in [0.2, 0.25) is 0 Å². The third kappa shape index (κ3) is 2.23. The first-order valence-electron chi connectivity index (χ1n) is 7.95. The number of nitrogens with zero attached hydrogens (tertiary/aromatic N) is 1. The number of fused-ring (bicyclic) bond motifs is 2. The smallest absolute Gasteiger partial charge is 0.373 e. The van der Waals surface area contributed by atoms with E-state index in [1.54, 1.807) is 6.07 Å². The number of ether oxygens (including phenoxy) is 1. The fourth-order valence-electron chi connectivity index (χ4n) is 3.56. The lowest BCUT2D eigenvalue weighted by Gasteiger charge is -2.22. The number of nitrogens with one attached hydrogen (secondary N) is 1. The van der Waals surface area contributed by atoms with E-state index in [-0.39, 0.29) is 18.2 Å². The normalized spacial score (nSPS) is 21.6. The summed E-state index contributed by atoms with van der Waals surface area (Å²) in [5.74, 6) is -0.527. The van der Waals surface area contributed by atoms with Gasteiger partial charge in [-0.1, -0.05) is 24.3 Å². The molecule has 1 N–H and O–H groups in total. The molecule has 1 aliphatic carbocycles. The molecule has 1 atom stereocenters. The number of esters is 1. The highest BCUT2D eigenvalue weighted by Crippen LogP contribution is 2.41. The van der Waals surface area contributed by atoms with Gasteiger partial charge in [0, 0.05) is 0 Å². The number of carbonyl (C=O) groups is 3. The van der Waals surface area contributed by atoms with Gasteiger partial charge in [-0.15, -0.1) is 0 Å². The molecule has 3 amide bonds. The summed E-state index contributed by atoms with van der Waals surface area (Å²) < 4.78 is 9.95. The van der Waals surface area contributed by atoms with Crippen molar-refractivity contribution in [2.24, 2.45) is 0 Å². The summed E-state index contributed by atoms with van der Waals surface area (Å²) in [6.45, 7) is -0.0361. The van der Waals surface area contributed by atoms with Crippen LogP contribution >= 0.6 is 0 Å². The van der Waals surface area contributed by atoms with Crippen molar-refractivity contribution in [1.29, 1.82) is 0 Å². The molecule has 1 spiro atoms. The largest absolute Gasteiger partial charge is 0.463 e. The Labute approximate surface area is 143 Å². The second-order valence-corrected chi connectivity index (χ2v) is 6.14. The topological polar surface area (TPSA) is 88.9 Å². The van der Waals surface area contributed by atoms with Crippen LogP contribution in [0.3, 0.4) is 0 Å². The van der Waals surface area contributed by atoms with Crippen LogP contribution in [0.4, 0.5) is 4.79 Å². The van der Waals surface area contributed by atoms with Gasteiger partial charge in [0.1, 0.15) is 11.3 Å². The molecular weight excluding hydrogens is 324 g/mol. The Hall–Kier alpha value is -3.09. The van der Waals surface area contributed by atoms with Gasteiger partial charge in [0.15, 0.2) is 0 Å². The standard InChI is InChI=1S/C18H16N2O5/c1-24-15(21)14-7-6-12(25-14)10-20-16(22)18(19-17(20)23)9-8-11-4-2-3-5-13(11)18/h2-7H,8-10H2,1H3,(H,19,23)/t18-/m0/s1. The molecule has 1 fully saturated rings. The fourth-order valence-corrected chi connectivity index (χ4v) is 3.56. The third-order valence-electron chi connectivity index (χ3n) is 4.78. The lowest BCUT2D eigenvalue weighted by Crippen LogP contribution is -2.41. The Morgan fingerprint density at radius 1 is 1.28 bits per heavy atom. The van der Waals surface area contributed by atoms with Gasteiger partial charge in [-0.2, -0.15) is 0 Å². The molecule has 2 heterocycles. The number of benzene rings is 1. The van der Waals surface area contributed by atoms with Gasteiger partial charge < -0.3 is 14.5 Å². The van der Waals surface area contributed by atoms with E-state index < -0.39 is 17.5 Å². The van der Waals surface area contributed by atoms with Crippen molar-refractivity contribution in [2.75, 3.05) is 7.11 Å². The Morgan fingerprint density at radius 3 is 2.88 bits per heavy atom. The van der Waals surface area contributed by atoms with E-state index in [1.165, 1.54) is 13.2 Å². The van der Waals surface area contributed by atoms with Crippen LogP contribution < -0.4 is 5.32 Å². The predicted molar refractivity (Wildman–Crippen MR) is 85.6 cm³/mol. The second kappa shape index (κ2) is 5.47. The van der Waals surface area contributed by atoms with E-state index in [1.807, 2.05) is 24.3 Å². The minimum atomic E-state index is -0.995. The summed E-state index contributed by atoms with van der Waals surface area (Å²) in [4.78, 5) is 38.0. The molecule has 1 saturated heterocycles. The van der Waals surface area contributed by atoms with Gasteiger partial charge in [-0.05, 0) is 36.1 Å². The van der Waals surface area contributed by atoms with Crippen LogP contribution in [0.25, 0.3) is 0 Å². The number of furan rings is 1. The Morgan fingerprint density at radius 2 is 2.08 bits per heavy atom. The van der Waals surface area contributed by atoms with Gasteiger partial charge in [0.25, 0.3) is 5.91 Å². The highest BCUT2D eigenvalue weighted by molar-refractivity contribution is 6.08. The number of aryl methyl sites for hydroxylation is 1. The van der Waals surface area contributed by atoms with E-state index in [0.717, 1.165) is 22.4 Å². The zero-order valence-electron chi connectivity index (χ0n) is 13.6. The lowest BCUT2D eigenvalue weighted by molar-refractivity contribution is -0.132. The van der Waals surface area contributed by atoms with Crippen molar-refractivity contribution in [1.82, 2.24) is 10.2 Å². The number of amides is 3. The van der Waals surface area contributed by atoms with Gasteiger partial charge >= 0.3 is 12.0 Å². The molecule has 2 aromatic rings.